The molecule has 68 valence electrons. The Labute approximate surface area is 76.0 Å². The maximum absolute atomic E-state index is 10.6. The van der Waals surface area contributed by atoms with Crippen molar-refractivity contribution in [3.8, 4) is 5.75 Å². The first kappa shape index (κ1) is 9.32. The van der Waals surface area contributed by atoms with Crippen molar-refractivity contribution in [3.63, 3.8) is 0 Å². The molecule has 0 saturated heterocycles. The van der Waals surface area contributed by atoms with E-state index in [0.29, 0.717) is 5.56 Å². The Morgan fingerprint density at radius 2 is 1.85 bits per heavy atom. The van der Waals surface area contributed by atoms with E-state index >= 15 is 0 Å². The van der Waals surface area contributed by atoms with Gasteiger partial charge in [-0.1, -0.05) is 0 Å². The minimum absolute atomic E-state index is 0.0903. The molecule has 0 unspecified atom stereocenters. The molecule has 0 radical (unpaired) electrons. The molecule has 13 heavy (non-hydrogen) atoms. The first-order valence-corrected chi connectivity index (χ1v) is 3.80. The quantitative estimate of drug-likeness (QED) is 0.537. The van der Waals surface area contributed by atoms with Crippen molar-refractivity contribution in [2.45, 2.75) is 6.92 Å². The number of hydrogen-bond acceptors (Lipinski definition) is 3. The van der Waals surface area contributed by atoms with Gasteiger partial charge in [0.1, 0.15) is 11.5 Å². The summed E-state index contributed by atoms with van der Waals surface area (Å²) in [7, 11) is 0. The Morgan fingerprint density at radius 3 is 2.31 bits per heavy atom. The molecule has 0 aliphatic heterocycles. The fraction of sp³-hybridized carbons (Fsp3) is 0.100. The van der Waals surface area contributed by atoms with Gasteiger partial charge in [0, 0.05) is 11.6 Å². The number of carbonyl (C=O) groups excluding carboxylic acids is 1. The number of allylic oxidation sites excluding steroid dienone is 1. The minimum Gasteiger partial charge on any atom is -0.508 e. The summed E-state index contributed by atoms with van der Waals surface area (Å²) < 4.78 is 0. The van der Waals surface area contributed by atoms with Crippen molar-refractivity contribution in [2.75, 3.05) is 0 Å². The van der Waals surface area contributed by atoms with Crippen molar-refractivity contribution in [1.29, 1.82) is 0 Å². The van der Waals surface area contributed by atoms with Crippen molar-refractivity contribution in [2.24, 2.45) is 0 Å². The van der Waals surface area contributed by atoms with E-state index in [9.17, 15) is 9.90 Å². The van der Waals surface area contributed by atoms with Crippen molar-refractivity contribution in [3.05, 3.63) is 35.9 Å². The Morgan fingerprint density at radius 1 is 1.31 bits per heavy atom. The second kappa shape index (κ2) is 3.76. The van der Waals surface area contributed by atoms with E-state index in [1.165, 1.54) is 31.2 Å². The first-order chi connectivity index (χ1) is 6.09. The predicted molar refractivity (Wildman–Crippen MR) is 49.4 cm³/mol. The molecule has 1 rings (SSSR count). The Balaban J connectivity index is 2.96. The van der Waals surface area contributed by atoms with Gasteiger partial charge in [0.05, 0.1) is 0 Å². The number of hydrogen-bond donors (Lipinski definition) is 2. The van der Waals surface area contributed by atoms with Crippen LogP contribution in [0.25, 0.3) is 5.76 Å². The van der Waals surface area contributed by atoms with E-state index < -0.39 is 0 Å². The summed E-state index contributed by atoms with van der Waals surface area (Å²) in [6.45, 7) is 1.36. The Bertz CT molecular complexity index is 336. The molecule has 0 saturated carbocycles. The third-order valence-electron chi connectivity index (χ3n) is 1.50. The highest BCUT2D eigenvalue weighted by atomic mass is 16.3. The largest absolute Gasteiger partial charge is 0.508 e. The lowest BCUT2D eigenvalue weighted by atomic mass is 10.1. The number of phenolic OH excluding ortho intramolecular Hbond substituents is 1. The summed E-state index contributed by atoms with van der Waals surface area (Å²) in [5.74, 6) is -0.183. The van der Waals surface area contributed by atoms with E-state index in [-0.39, 0.29) is 17.3 Å². The highest BCUT2D eigenvalue weighted by molar-refractivity contribution is 5.93. The second-order valence-electron chi connectivity index (χ2n) is 2.69. The van der Waals surface area contributed by atoms with Gasteiger partial charge < -0.3 is 10.2 Å². The summed E-state index contributed by atoms with van der Waals surface area (Å²) in [6, 6.07) is 5.95. The van der Waals surface area contributed by atoms with Crippen LogP contribution in [-0.4, -0.2) is 16.0 Å². The summed E-state index contributed by atoms with van der Waals surface area (Å²) in [5, 5.41) is 18.3. The average molecular weight is 178 g/mol. The van der Waals surface area contributed by atoms with Gasteiger partial charge in [-0.3, -0.25) is 4.79 Å². The summed E-state index contributed by atoms with van der Waals surface area (Å²) >= 11 is 0. The Kier molecular flexibility index (Phi) is 2.69. The van der Waals surface area contributed by atoms with Gasteiger partial charge in [0.15, 0.2) is 5.78 Å². The minimum atomic E-state index is -0.217. The third kappa shape index (κ3) is 2.63. The molecule has 0 heterocycles. The number of aromatic hydroxyl groups is 1. The molecule has 0 aromatic heterocycles. The average Bonchev–Trinajstić information content (AvgIpc) is 2.04. The fourth-order valence-electron chi connectivity index (χ4n) is 0.908. The number of aliphatic hydroxyl groups is 1. The van der Waals surface area contributed by atoms with Crippen LogP contribution in [0.3, 0.4) is 0 Å². The van der Waals surface area contributed by atoms with Crippen LogP contribution in [0.5, 0.6) is 5.75 Å². The van der Waals surface area contributed by atoms with Gasteiger partial charge in [-0.2, -0.15) is 0 Å². The van der Waals surface area contributed by atoms with Crippen molar-refractivity contribution < 1.29 is 15.0 Å². The third-order valence-corrected chi connectivity index (χ3v) is 1.50. The maximum atomic E-state index is 10.6. The summed E-state index contributed by atoms with van der Waals surface area (Å²) in [5.41, 5.74) is 0.507. The number of rotatable bonds is 2. The predicted octanol–water partition coefficient (Wildman–Crippen LogP) is 1.88. The monoisotopic (exact) mass is 178 g/mol. The number of carbonyl (C=O) groups is 1. The molecule has 0 aliphatic carbocycles. The van der Waals surface area contributed by atoms with E-state index in [1.54, 1.807) is 0 Å². The van der Waals surface area contributed by atoms with Gasteiger partial charge >= 0.3 is 0 Å². The zero-order chi connectivity index (χ0) is 9.84. The van der Waals surface area contributed by atoms with Crippen molar-refractivity contribution in [1.82, 2.24) is 0 Å². The van der Waals surface area contributed by atoms with Gasteiger partial charge in [0.25, 0.3) is 0 Å². The molecule has 0 aliphatic rings. The smallest absolute Gasteiger partial charge is 0.156 e. The van der Waals surface area contributed by atoms with Crippen LogP contribution in [0.1, 0.15) is 12.5 Å². The summed E-state index contributed by atoms with van der Waals surface area (Å²) in [4.78, 5) is 10.6. The van der Waals surface area contributed by atoms with E-state index in [2.05, 4.69) is 0 Å². The molecule has 1 aromatic carbocycles. The zero-order valence-electron chi connectivity index (χ0n) is 7.19. The fourth-order valence-corrected chi connectivity index (χ4v) is 0.908. The van der Waals surface area contributed by atoms with Crippen LogP contribution in [0, 0.1) is 0 Å². The van der Waals surface area contributed by atoms with Gasteiger partial charge in [0.2, 0.25) is 0 Å². The van der Waals surface area contributed by atoms with Crippen molar-refractivity contribution >= 4 is 11.5 Å². The SMILES string of the molecule is CC(=O)C=C(O)c1ccc(O)cc1. The molecule has 0 fully saturated rings. The molecule has 3 nitrogen and oxygen atoms in total. The molecule has 0 bridgehead atoms. The maximum Gasteiger partial charge on any atom is 0.156 e. The molecular weight excluding hydrogens is 168 g/mol. The lowest BCUT2D eigenvalue weighted by Crippen LogP contribution is -1.87. The number of benzene rings is 1. The molecular formula is C10H10O3. The standard InChI is InChI=1S/C10H10O3/c1-7(11)6-10(13)8-2-4-9(12)5-3-8/h2-6,12-13H,1H3. The summed E-state index contributed by atoms with van der Waals surface area (Å²) in [6.07, 6.45) is 1.13. The van der Waals surface area contributed by atoms with Crippen LogP contribution < -0.4 is 0 Å². The highest BCUT2D eigenvalue weighted by Gasteiger charge is 1.99. The van der Waals surface area contributed by atoms with Crippen LogP contribution in [0.2, 0.25) is 0 Å². The van der Waals surface area contributed by atoms with E-state index in [0.717, 1.165) is 6.08 Å². The van der Waals surface area contributed by atoms with E-state index in [1.807, 2.05) is 0 Å². The molecule has 0 spiro atoms. The van der Waals surface area contributed by atoms with Crippen LogP contribution >= 0.6 is 0 Å². The molecule has 2 N–H and O–H groups in total. The van der Waals surface area contributed by atoms with E-state index in [4.69, 9.17) is 5.11 Å². The topological polar surface area (TPSA) is 57.5 Å². The van der Waals surface area contributed by atoms with Crippen LogP contribution in [-0.2, 0) is 4.79 Å². The molecule has 0 amide bonds. The number of aliphatic hydroxyl groups excluding tert-OH is 1. The van der Waals surface area contributed by atoms with Gasteiger partial charge in [-0.15, -0.1) is 0 Å². The normalized spacial score (nSPS) is 11.3. The second-order valence-corrected chi connectivity index (χ2v) is 2.69. The number of ketones is 1. The van der Waals surface area contributed by atoms with Crippen LogP contribution in [0.4, 0.5) is 0 Å². The molecule has 1 aromatic rings. The Hall–Kier alpha value is -1.77. The lowest BCUT2D eigenvalue weighted by Gasteiger charge is -1.98. The first-order valence-electron chi connectivity index (χ1n) is 3.80. The zero-order valence-corrected chi connectivity index (χ0v) is 7.19. The molecule has 0 atom stereocenters. The van der Waals surface area contributed by atoms with Gasteiger partial charge in [-0.05, 0) is 31.2 Å². The van der Waals surface area contributed by atoms with Gasteiger partial charge in [-0.25, -0.2) is 0 Å². The van der Waals surface area contributed by atoms with Crippen LogP contribution in [0.15, 0.2) is 30.3 Å². The highest BCUT2D eigenvalue weighted by Crippen LogP contribution is 2.15. The number of phenols is 1. The molecule has 3 heteroatoms. The lowest BCUT2D eigenvalue weighted by molar-refractivity contribution is -0.112.